The molecule has 98 valence electrons. The first-order chi connectivity index (χ1) is 8.78. The van der Waals surface area contributed by atoms with E-state index in [1.165, 1.54) is 0 Å². The molecule has 2 rings (SSSR count). The van der Waals surface area contributed by atoms with Crippen LogP contribution in [0.5, 0.6) is 0 Å². The minimum absolute atomic E-state index is 0.144. The van der Waals surface area contributed by atoms with Crippen LogP contribution in [0.15, 0.2) is 18.3 Å². The minimum atomic E-state index is 0.144. The molecule has 0 saturated heterocycles. The molecule has 0 unspecified atom stereocenters. The van der Waals surface area contributed by atoms with E-state index >= 15 is 0 Å². The third-order valence-corrected chi connectivity index (χ3v) is 3.59. The summed E-state index contributed by atoms with van der Waals surface area (Å²) in [4.78, 5) is 15.8. The van der Waals surface area contributed by atoms with Gasteiger partial charge in [0, 0.05) is 30.2 Å². The Morgan fingerprint density at radius 3 is 3.11 bits per heavy atom. The van der Waals surface area contributed by atoms with E-state index in [-0.39, 0.29) is 5.91 Å². The van der Waals surface area contributed by atoms with Crippen molar-refractivity contribution in [2.75, 3.05) is 17.6 Å². The molecule has 1 fully saturated rings. The molecule has 0 atom stereocenters. The highest BCUT2D eigenvalue weighted by molar-refractivity contribution is 7.99. The van der Waals surface area contributed by atoms with Gasteiger partial charge in [-0.2, -0.15) is 0 Å². The Labute approximate surface area is 112 Å². The smallest absolute Gasteiger partial charge is 0.230 e. The van der Waals surface area contributed by atoms with Crippen LogP contribution in [0.25, 0.3) is 0 Å². The van der Waals surface area contributed by atoms with E-state index in [2.05, 4.69) is 22.5 Å². The fourth-order valence-electron chi connectivity index (χ4n) is 1.62. The number of aromatic nitrogens is 1. The van der Waals surface area contributed by atoms with Crippen molar-refractivity contribution in [2.45, 2.75) is 31.6 Å². The number of hydrogen-bond acceptors (Lipinski definition) is 4. The van der Waals surface area contributed by atoms with Crippen LogP contribution in [-0.4, -0.2) is 29.2 Å². The summed E-state index contributed by atoms with van der Waals surface area (Å²) in [5.74, 6) is 1.44. The van der Waals surface area contributed by atoms with Gasteiger partial charge in [-0.25, -0.2) is 0 Å². The SMILES string of the molecule is CCNc1ccnc(CSCC(=O)NC2CC2)c1. The highest BCUT2D eigenvalue weighted by Crippen LogP contribution is 2.19. The van der Waals surface area contributed by atoms with E-state index in [1.807, 2.05) is 12.1 Å². The number of pyridine rings is 1. The minimum Gasteiger partial charge on any atom is -0.385 e. The number of thioether (sulfide) groups is 1. The lowest BCUT2D eigenvalue weighted by Crippen LogP contribution is -2.27. The van der Waals surface area contributed by atoms with Crippen molar-refractivity contribution in [3.63, 3.8) is 0 Å². The number of amides is 1. The average molecular weight is 265 g/mol. The molecule has 1 aromatic rings. The van der Waals surface area contributed by atoms with Gasteiger partial charge >= 0.3 is 0 Å². The first-order valence-corrected chi connectivity index (χ1v) is 7.49. The molecule has 1 amide bonds. The molecule has 1 saturated carbocycles. The second-order valence-corrected chi connectivity index (χ2v) is 5.39. The van der Waals surface area contributed by atoms with E-state index in [0.29, 0.717) is 11.8 Å². The molecule has 5 heteroatoms. The molecule has 0 aromatic carbocycles. The van der Waals surface area contributed by atoms with E-state index < -0.39 is 0 Å². The van der Waals surface area contributed by atoms with Gasteiger partial charge in [-0.05, 0) is 31.9 Å². The third kappa shape index (κ3) is 4.56. The van der Waals surface area contributed by atoms with Gasteiger partial charge in [0.1, 0.15) is 0 Å². The van der Waals surface area contributed by atoms with E-state index in [1.54, 1.807) is 18.0 Å². The van der Waals surface area contributed by atoms with Crippen LogP contribution in [0, 0.1) is 0 Å². The maximum absolute atomic E-state index is 11.5. The molecule has 0 spiro atoms. The van der Waals surface area contributed by atoms with Crippen molar-refractivity contribution >= 4 is 23.4 Å². The number of nitrogens with zero attached hydrogens (tertiary/aromatic N) is 1. The van der Waals surface area contributed by atoms with Crippen LogP contribution in [0.2, 0.25) is 0 Å². The second-order valence-electron chi connectivity index (χ2n) is 4.40. The quantitative estimate of drug-likeness (QED) is 0.792. The second kappa shape index (κ2) is 6.64. The summed E-state index contributed by atoms with van der Waals surface area (Å²) in [6.07, 6.45) is 4.09. The summed E-state index contributed by atoms with van der Waals surface area (Å²) in [5, 5.41) is 6.23. The predicted molar refractivity (Wildman–Crippen MR) is 75.7 cm³/mol. The van der Waals surface area contributed by atoms with Crippen molar-refractivity contribution in [3.05, 3.63) is 24.0 Å². The Hall–Kier alpha value is -1.23. The van der Waals surface area contributed by atoms with Gasteiger partial charge in [0.15, 0.2) is 0 Å². The summed E-state index contributed by atoms with van der Waals surface area (Å²) in [6, 6.07) is 4.44. The zero-order valence-corrected chi connectivity index (χ0v) is 11.4. The van der Waals surface area contributed by atoms with E-state index in [9.17, 15) is 4.79 Å². The number of carbonyl (C=O) groups is 1. The van der Waals surface area contributed by atoms with Crippen LogP contribution in [0.1, 0.15) is 25.5 Å². The normalized spacial score (nSPS) is 14.3. The van der Waals surface area contributed by atoms with Crippen molar-refractivity contribution in [3.8, 4) is 0 Å². The monoisotopic (exact) mass is 265 g/mol. The lowest BCUT2D eigenvalue weighted by atomic mass is 10.3. The summed E-state index contributed by atoms with van der Waals surface area (Å²) < 4.78 is 0. The lowest BCUT2D eigenvalue weighted by molar-refractivity contribution is -0.118. The third-order valence-electron chi connectivity index (χ3n) is 2.62. The molecule has 0 bridgehead atoms. The van der Waals surface area contributed by atoms with Crippen LogP contribution in [0.4, 0.5) is 5.69 Å². The molecule has 0 aliphatic heterocycles. The average Bonchev–Trinajstić information content (AvgIpc) is 3.14. The van der Waals surface area contributed by atoms with Gasteiger partial charge in [-0.3, -0.25) is 9.78 Å². The Morgan fingerprint density at radius 1 is 1.56 bits per heavy atom. The highest BCUT2D eigenvalue weighted by atomic mass is 32.2. The zero-order chi connectivity index (χ0) is 12.8. The summed E-state index contributed by atoms with van der Waals surface area (Å²) in [7, 11) is 0. The van der Waals surface area contributed by atoms with E-state index in [4.69, 9.17) is 0 Å². The first kappa shape index (κ1) is 13.2. The Balaban J connectivity index is 1.71. The lowest BCUT2D eigenvalue weighted by Gasteiger charge is -2.06. The standard InChI is InChI=1S/C13H19N3OS/c1-2-14-11-5-6-15-12(7-11)8-18-9-13(17)16-10-3-4-10/h5-7,10H,2-4,8-9H2,1H3,(H,14,15)(H,16,17). The van der Waals surface area contributed by atoms with Crippen molar-refractivity contribution in [1.82, 2.24) is 10.3 Å². The Morgan fingerprint density at radius 2 is 2.39 bits per heavy atom. The summed E-state index contributed by atoms with van der Waals surface area (Å²) in [6.45, 7) is 2.97. The van der Waals surface area contributed by atoms with Gasteiger partial charge in [0.05, 0.1) is 11.4 Å². The maximum Gasteiger partial charge on any atom is 0.230 e. The fourth-order valence-corrected chi connectivity index (χ4v) is 2.35. The molecule has 1 aromatic heterocycles. The topological polar surface area (TPSA) is 54.0 Å². The summed E-state index contributed by atoms with van der Waals surface area (Å²) >= 11 is 1.61. The molecular weight excluding hydrogens is 246 g/mol. The largest absolute Gasteiger partial charge is 0.385 e. The van der Waals surface area contributed by atoms with E-state index in [0.717, 1.165) is 36.5 Å². The molecule has 4 nitrogen and oxygen atoms in total. The fraction of sp³-hybridized carbons (Fsp3) is 0.538. The molecule has 2 N–H and O–H groups in total. The van der Waals surface area contributed by atoms with Crippen molar-refractivity contribution in [1.29, 1.82) is 0 Å². The Bertz CT molecular complexity index is 407. The van der Waals surface area contributed by atoms with Gasteiger partial charge in [-0.15, -0.1) is 11.8 Å². The predicted octanol–water partition coefficient (Wildman–Crippen LogP) is 2.03. The molecule has 0 radical (unpaired) electrons. The molecule has 1 aliphatic carbocycles. The van der Waals surface area contributed by atoms with Crippen LogP contribution < -0.4 is 10.6 Å². The van der Waals surface area contributed by atoms with Crippen LogP contribution in [0.3, 0.4) is 0 Å². The number of nitrogens with one attached hydrogen (secondary N) is 2. The number of hydrogen-bond donors (Lipinski definition) is 2. The van der Waals surface area contributed by atoms with Crippen LogP contribution >= 0.6 is 11.8 Å². The van der Waals surface area contributed by atoms with Crippen molar-refractivity contribution < 1.29 is 4.79 Å². The number of rotatable bonds is 7. The van der Waals surface area contributed by atoms with Gasteiger partial charge < -0.3 is 10.6 Å². The van der Waals surface area contributed by atoms with Gasteiger partial charge in [0.25, 0.3) is 0 Å². The van der Waals surface area contributed by atoms with Gasteiger partial charge in [0.2, 0.25) is 5.91 Å². The van der Waals surface area contributed by atoms with Crippen molar-refractivity contribution in [2.24, 2.45) is 0 Å². The van der Waals surface area contributed by atoms with Crippen LogP contribution in [-0.2, 0) is 10.5 Å². The molecule has 18 heavy (non-hydrogen) atoms. The first-order valence-electron chi connectivity index (χ1n) is 6.34. The summed E-state index contributed by atoms with van der Waals surface area (Å²) in [5.41, 5.74) is 2.10. The highest BCUT2D eigenvalue weighted by Gasteiger charge is 2.22. The maximum atomic E-state index is 11.5. The number of carbonyl (C=O) groups excluding carboxylic acids is 1. The number of anilines is 1. The molecular formula is C13H19N3OS. The molecule has 1 heterocycles. The zero-order valence-electron chi connectivity index (χ0n) is 10.6. The molecule has 1 aliphatic rings. The van der Waals surface area contributed by atoms with Gasteiger partial charge in [-0.1, -0.05) is 0 Å². The Kier molecular flexibility index (Phi) is 4.87.